The molecule has 0 spiro atoms. The summed E-state index contributed by atoms with van der Waals surface area (Å²) in [5.74, 6) is 0.396. The average Bonchev–Trinajstić information content (AvgIpc) is 2.46. The number of rotatable bonds is 4. The van der Waals surface area contributed by atoms with Gasteiger partial charge < -0.3 is 10.6 Å². The maximum Gasteiger partial charge on any atom is 0.223 e. The third kappa shape index (κ3) is 3.57. The van der Waals surface area contributed by atoms with Crippen molar-refractivity contribution in [1.82, 2.24) is 4.90 Å². The molecule has 2 rings (SSSR count). The van der Waals surface area contributed by atoms with E-state index in [1.54, 1.807) is 12.1 Å². The summed E-state index contributed by atoms with van der Waals surface area (Å²) in [5.41, 5.74) is 6.80. The van der Waals surface area contributed by atoms with Crippen LogP contribution in [-0.4, -0.2) is 29.9 Å². The predicted octanol–water partition coefficient (Wildman–Crippen LogP) is 2.34. The van der Waals surface area contributed by atoms with Crippen molar-refractivity contribution in [2.45, 2.75) is 38.6 Å². The predicted molar refractivity (Wildman–Crippen MR) is 77.7 cm³/mol. The maximum atomic E-state index is 12.8. The molecule has 2 N–H and O–H groups in total. The Balaban J connectivity index is 1.92. The highest BCUT2D eigenvalue weighted by molar-refractivity contribution is 5.77. The Morgan fingerprint density at radius 2 is 2.10 bits per heavy atom. The number of nitrogens with two attached hydrogens (primary N) is 1. The minimum absolute atomic E-state index is 0.163. The molecule has 0 saturated carbocycles. The number of hydrogen-bond donors (Lipinski definition) is 1. The van der Waals surface area contributed by atoms with E-state index in [1.807, 2.05) is 4.90 Å². The van der Waals surface area contributed by atoms with Crippen LogP contribution in [0.4, 0.5) is 4.39 Å². The summed E-state index contributed by atoms with van der Waals surface area (Å²) < 4.78 is 12.8. The number of nitrogens with zero attached hydrogens (tertiary/aromatic N) is 1. The molecular weight excluding hydrogens is 255 g/mol. The number of aryl methyl sites for hydroxylation is 1. The second-order valence-corrected chi connectivity index (χ2v) is 5.64. The first kappa shape index (κ1) is 15.0. The maximum absolute atomic E-state index is 12.8. The van der Waals surface area contributed by atoms with Crippen LogP contribution in [0.3, 0.4) is 0 Å². The third-order valence-electron chi connectivity index (χ3n) is 4.22. The number of piperidine rings is 1. The molecule has 0 aromatic heterocycles. The average molecular weight is 278 g/mol. The molecule has 0 unspecified atom stereocenters. The monoisotopic (exact) mass is 278 g/mol. The van der Waals surface area contributed by atoms with E-state index >= 15 is 0 Å². The number of benzene rings is 1. The number of carbonyl (C=O) groups excluding carboxylic acids is 1. The van der Waals surface area contributed by atoms with Gasteiger partial charge >= 0.3 is 0 Å². The Hall–Kier alpha value is -1.42. The lowest BCUT2D eigenvalue weighted by Gasteiger charge is -2.39. The molecule has 1 aliphatic rings. The van der Waals surface area contributed by atoms with Crippen molar-refractivity contribution >= 4 is 5.91 Å². The van der Waals surface area contributed by atoms with Gasteiger partial charge in [0.05, 0.1) is 0 Å². The Morgan fingerprint density at radius 3 is 2.75 bits per heavy atom. The molecule has 1 saturated heterocycles. The zero-order chi connectivity index (χ0) is 14.5. The SMILES string of the molecule is C[C@H]1CCCN(C(=O)CCc2ccc(F)cc2)[C@@H]1CN. The molecule has 2 atom stereocenters. The largest absolute Gasteiger partial charge is 0.338 e. The van der Waals surface area contributed by atoms with E-state index in [0.717, 1.165) is 24.9 Å². The van der Waals surface area contributed by atoms with Gasteiger partial charge in [-0.15, -0.1) is 0 Å². The molecule has 1 aromatic carbocycles. The number of halogens is 1. The summed E-state index contributed by atoms with van der Waals surface area (Å²) in [7, 11) is 0. The lowest BCUT2D eigenvalue weighted by atomic mass is 9.90. The van der Waals surface area contributed by atoms with E-state index in [9.17, 15) is 9.18 Å². The number of amides is 1. The molecule has 1 heterocycles. The zero-order valence-electron chi connectivity index (χ0n) is 12.0. The van der Waals surface area contributed by atoms with Gasteiger partial charge in [-0.2, -0.15) is 0 Å². The van der Waals surface area contributed by atoms with Crippen LogP contribution in [0.2, 0.25) is 0 Å². The first-order valence-corrected chi connectivity index (χ1v) is 7.36. The van der Waals surface area contributed by atoms with Gasteiger partial charge in [-0.25, -0.2) is 4.39 Å². The number of carbonyl (C=O) groups is 1. The van der Waals surface area contributed by atoms with Crippen molar-refractivity contribution < 1.29 is 9.18 Å². The standard InChI is InChI=1S/C16H23FN2O/c1-12-3-2-10-19(15(12)11-18)16(20)9-6-13-4-7-14(17)8-5-13/h4-5,7-8,12,15H,2-3,6,9-11,18H2,1H3/t12-,15+/m0/s1. The van der Waals surface area contributed by atoms with Crippen LogP contribution in [0, 0.1) is 11.7 Å². The molecule has 1 aliphatic heterocycles. The Bertz CT molecular complexity index is 446. The molecule has 0 bridgehead atoms. The Morgan fingerprint density at radius 1 is 1.40 bits per heavy atom. The Labute approximate surface area is 120 Å². The van der Waals surface area contributed by atoms with Crippen molar-refractivity contribution in [1.29, 1.82) is 0 Å². The highest BCUT2D eigenvalue weighted by Crippen LogP contribution is 2.23. The molecule has 3 nitrogen and oxygen atoms in total. The topological polar surface area (TPSA) is 46.3 Å². The van der Waals surface area contributed by atoms with Gasteiger partial charge in [0.1, 0.15) is 5.82 Å². The smallest absolute Gasteiger partial charge is 0.223 e. The minimum atomic E-state index is -0.242. The van der Waals surface area contributed by atoms with Crippen LogP contribution < -0.4 is 5.73 Å². The van der Waals surface area contributed by atoms with Crippen molar-refractivity contribution in [3.05, 3.63) is 35.6 Å². The van der Waals surface area contributed by atoms with Gasteiger partial charge in [0, 0.05) is 25.6 Å². The summed E-state index contributed by atoms with van der Waals surface area (Å²) >= 11 is 0. The van der Waals surface area contributed by atoms with Crippen LogP contribution in [0.5, 0.6) is 0 Å². The second-order valence-electron chi connectivity index (χ2n) is 5.64. The lowest BCUT2D eigenvalue weighted by Crippen LogP contribution is -2.51. The fraction of sp³-hybridized carbons (Fsp3) is 0.562. The first-order chi connectivity index (χ1) is 9.61. The lowest BCUT2D eigenvalue weighted by molar-refractivity contribution is -0.136. The molecular formula is C16H23FN2O. The van der Waals surface area contributed by atoms with Crippen LogP contribution >= 0.6 is 0 Å². The normalized spacial score (nSPS) is 22.9. The molecule has 0 aliphatic carbocycles. The van der Waals surface area contributed by atoms with Gasteiger partial charge in [0.15, 0.2) is 0 Å². The van der Waals surface area contributed by atoms with Gasteiger partial charge in [-0.05, 0) is 42.9 Å². The van der Waals surface area contributed by atoms with E-state index in [1.165, 1.54) is 12.1 Å². The summed E-state index contributed by atoms with van der Waals surface area (Å²) in [5, 5.41) is 0. The Kier molecular flexibility index (Phi) is 5.12. The van der Waals surface area contributed by atoms with Gasteiger partial charge in [0.25, 0.3) is 0 Å². The zero-order valence-corrected chi connectivity index (χ0v) is 12.0. The van der Waals surface area contributed by atoms with Crippen molar-refractivity contribution in [2.24, 2.45) is 11.7 Å². The summed E-state index contributed by atoms with van der Waals surface area (Å²) in [4.78, 5) is 14.3. The molecule has 1 amide bonds. The molecule has 1 fully saturated rings. The number of hydrogen-bond acceptors (Lipinski definition) is 2. The van der Waals surface area contributed by atoms with Crippen molar-refractivity contribution in [3.63, 3.8) is 0 Å². The molecule has 20 heavy (non-hydrogen) atoms. The molecule has 1 aromatic rings. The van der Waals surface area contributed by atoms with Crippen LogP contribution in [-0.2, 0) is 11.2 Å². The van der Waals surface area contributed by atoms with E-state index < -0.39 is 0 Å². The highest BCUT2D eigenvalue weighted by atomic mass is 19.1. The van der Waals surface area contributed by atoms with Crippen LogP contribution in [0.1, 0.15) is 31.7 Å². The number of likely N-dealkylation sites (tertiary alicyclic amines) is 1. The van der Waals surface area contributed by atoms with E-state index in [0.29, 0.717) is 25.3 Å². The van der Waals surface area contributed by atoms with Gasteiger partial charge in [0.2, 0.25) is 5.91 Å². The summed E-state index contributed by atoms with van der Waals surface area (Å²) in [6.07, 6.45) is 3.32. The van der Waals surface area contributed by atoms with E-state index in [2.05, 4.69) is 6.92 Å². The van der Waals surface area contributed by atoms with Crippen LogP contribution in [0.15, 0.2) is 24.3 Å². The van der Waals surface area contributed by atoms with Gasteiger partial charge in [-0.1, -0.05) is 19.1 Å². The third-order valence-corrected chi connectivity index (χ3v) is 4.22. The van der Waals surface area contributed by atoms with E-state index in [-0.39, 0.29) is 17.8 Å². The van der Waals surface area contributed by atoms with Gasteiger partial charge in [-0.3, -0.25) is 4.79 Å². The quantitative estimate of drug-likeness (QED) is 0.919. The molecule has 0 radical (unpaired) electrons. The molecule has 4 heteroatoms. The fourth-order valence-electron chi connectivity index (χ4n) is 2.96. The van der Waals surface area contributed by atoms with Crippen molar-refractivity contribution in [3.8, 4) is 0 Å². The van der Waals surface area contributed by atoms with Crippen molar-refractivity contribution in [2.75, 3.05) is 13.1 Å². The second kappa shape index (κ2) is 6.84. The fourth-order valence-corrected chi connectivity index (χ4v) is 2.96. The summed E-state index contributed by atoms with van der Waals surface area (Å²) in [6.45, 7) is 3.51. The van der Waals surface area contributed by atoms with E-state index in [4.69, 9.17) is 5.73 Å². The minimum Gasteiger partial charge on any atom is -0.338 e. The van der Waals surface area contributed by atoms with Crippen LogP contribution in [0.25, 0.3) is 0 Å². The summed E-state index contributed by atoms with van der Waals surface area (Å²) in [6, 6.07) is 6.52. The molecule has 110 valence electrons. The first-order valence-electron chi connectivity index (χ1n) is 7.36. The highest BCUT2D eigenvalue weighted by Gasteiger charge is 2.30.